The minimum atomic E-state index is -0.615. The van der Waals surface area contributed by atoms with Crippen molar-refractivity contribution in [3.63, 3.8) is 0 Å². The Balaban J connectivity index is 1.62. The molecule has 7 heteroatoms. The first-order valence-corrected chi connectivity index (χ1v) is 12.4. The van der Waals surface area contributed by atoms with Crippen LogP contribution in [0.4, 0.5) is 0 Å². The van der Waals surface area contributed by atoms with Crippen LogP contribution in [0.2, 0.25) is 0 Å². The van der Waals surface area contributed by atoms with Crippen LogP contribution in [-0.2, 0) is 16.0 Å². The number of carbonyl (C=O) groups is 2. The second-order valence-electron chi connectivity index (χ2n) is 8.48. The standard InChI is InChI=1S/C28H27N3O3S/c1-18-10-9-15-25(19(18)2)31-27(34)22-13-7-8-14-23(22)30-28(31)35-17-26(33)29-24(20(3)32)16-21-11-5-4-6-12-21/h4-15,24H,16-17H2,1-3H3,(H,29,33). The highest BCUT2D eigenvalue weighted by Gasteiger charge is 2.20. The molecular formula is C28H27N3O3S. The molecule has 3 aromatic carbocycles. The van der Waals surface area contributed by atoms with Crippen molar-refractivity contribution < 1.29 is 9.59 Å². The number of amides is 1. The summed E-state index contributed by atoms with van der Waals surface area (Å²) in [5.41, 5.74) is 4.13. The van der Waals surface area contributed by atoms with Crippen LogP contribution in [-0.4, -0.2) is 33.0 Å². The van der Waals surface area contributed by atoms with E-state index in [1.807, 2.05) is 74.5 Å². The monoisotopic (exact) mass is 485 g/mol. The number of Topliss-reactive ketones (excluding diaryl/α,β-unsaturated/α-hetero) is 1. The van der Waals surface area contributed by atoms with Crippen molar-refractivity contribution in [2.45, 2.75) is 38.4 Å². The zero-order valence-corrected chi connectivity index (χ0v) is 20.8. The SMILES string of the molecule is CC(=O)C(Cc1ccccc1)NC(=O)CSc1nc2ccccc2c(=O)n1-c1cccc(C)c1C. The molecule has 0 aliphatic rings. The fraction of sp³-hybridized carbons (Fsp3) is 0.214. The Morgan fingerprint density at radius 2 is 1.69 bits per heavy atom. The van der Waals surface area contributed by atoms with Gasteiger partial charge in [-0.15, -0.1) is 0 Å². The third kappa shape index (κ3) is 5.52. The van der Waals surface area contributed by atoms with Crippen LogP contribution in [0, 0.1) is 13.8 Å². The molecule has 1 atom stereocenters. The quantitative estimate of drug-likeness (QED) is 0.295. The van der Waals surface area contributed by atoms with Gasteiger partial charge in [0.25, 0.3) is 5.56 Å². The van der Waals surface area contributed by atoms with Crippen LogP contribution in [0.25, 0.3) is 16.6 Å². The number of carbonyl (C=O) groups excluding carboxylic acids is 2. The summed E-state index contributed by atoms with van der Waals surface area (Å²) in [6.45, 7) is 5.44. The van der Waals surface area contributed by atoms with E-state index >= 15 is 0 Å². The van der Waals surface area contributed by atoms with Gasteiger partial charge in [-0.2, -0.15) is 0 Å². The fourth-order valence-electron chi connectivity index (χ4n) is 3.91. The number of hydrogen-bond donors (Lipinski definition) is 1. The molecule has 0 saturated heterocycles. The highest BCUT2D eigenvalue weighted by Crippen LogP contribution is 2.24. The van der Waals surface area contributed by atoms with Crippen LogP contribution in [0.15, 0.2) is 82.7 Å². The van der Waals surface area contributed by atoms with E-state index in [1.54, 1.807) is 16.7 Å². The minimum Gasteiger partial charge on any atom is -0.345 e. The lowest BCUT2D eigenvalue weighted by molar-refractivity contribution is -0.125. The van der Waals surface area contributed by atoms with Crippen LogP contribution in [0.1, 0.15) is 23.6 Å². The van der Waals surface area contributed by atoms with Gasteiger partial charge in [-0.05, 0) is 62.1 Å². The molecule has 35 heavy (non-hydrogen) atoms. The van der Waals surface area contributed by atoms with E-state index in [0.717, 1.165) is 22.4 Å². The molecule has 0 aliphatic carbocycles. The van der Waals surface area contributed by atoms with Gasteiger partial charge in [-0.25, -0.2) is 4.98 Å². The molecule has 4 aromatic rings. The number of thioether (sulfide) groups is 1. The number of nitrogens with one attached hydrogen (secondary N) is 1. The molecule has 1 heterocycles. The molecule has 0 aliphatic heterocycles. The molecule has 1 unspecified atom stereocenters. The van der Waals surface area contributed by atoms with Gasteiger partial charge < -0.3 is 5.32 Å². The van der Waals surface area contributed by atoms with E-state index in [9.17, 15) is 14.4 Å². The predicted octanol–water partition coefficient (Wildman–Crippen LogP) is 4.41. The number of ketones is 1. The highest BCUT2D eigenvalue weighted by molar-refractivity contribution is 7.99. The first kappa shape index (κ1) is 24.4. The average molecular weight is 486 g/mol. The Bertz CT molecular complexity index is 1450. The Kier molecular flexibility index (Phi) is 7.46. The number of aryl methyl sites for hydroxylation is 1. The molecule has 4 rings (SSSR count). The van der Waals surface area contributed by atoms with Gasteiger partial charge in [0.2, 0.25) is 5.91 Å². The van der Waals surface area contributed by atoms with E-state index < -0.39 is 6.04 Å². The van der Waals surface area contributed by atoms with Crippen LogP contribution >= 0.6 is 11.8 Å². The third-order valence-electron chi connectivity index (χ3n) is 6.00. The largest absolute Gasteiger partial charge is 0.345 e. The van der Waals surface area contributed by atoms with Crippen LogP contribution < -0.4 is 10.9 Å². The minimum absolute atomic E-state index is 0.0220. The summed E-state index contributed by atoms with van der Waals surface area (Å²) in [6, 6.07) is 21.9. The zero-order chi connectivity index (χ0) is 24.9. The molecule has 1 aromatic heterocycles. The van der Waals surface area contributed by atoms with Gasteiger partial charge in [0, 0.05) is 0 Å². The van der Waals surface area contributed by atoms with E-state index in [4.69, 9.17) is 4.98 Å². The van der Waals surface area contributed by atoms with Gasteiger partial charge in [-0.3, -0.25) is 19.0 Å². The summed E-state index contributed by atoms with van der Waals surface area (Å²) < 4.78 is 1.58. The van der Waals surface area contributed by atoms with Gasteiger partial charge >= 0.3 is 0 Å². The first-order chi connectivity index (χ1) is 16.8. The number of para-hydroxylation sites is 1. The smallest absolute Gasteiger partial charge is 0.266 e. The van der Waals surface area contributed by atoms with E-state index in [-0.39, 0.29) is 23.0 Å². The summed E-state index contributed by atoms with van der Waals surface area (Å²) in [4.78, 5) is 43.2. The lowest BCUT2D eigenvalue weighted by atomic mass is 10.0. The average Bonchev–Trinajstić information content (AvgIpc) is 2.85. The molecule has 0 radical (unpaired) electrons. The summed E-state index contributed by atoms with van der Waals surface area (Å²) in [7, 11) is 0. The predicted molar refractivity (Wildman–Crippen MR) is 140 cm³/mol. The maximum absolute atomic E-state index is 13.5. The van der Waals surface area contributed by atoms with Crippen molar-refractivity contribution in [3.8, 4) is 5.69 Å². The normalized spacial score (nSPS) is 11.9. The Morgan fingerprint density at radius 3 is 2.43 bits per heavy atom. The van der Waals surface area contributed by atoms with Gasteiger partial charge in [0.15, 0.2) is 10.9 Å². The van der Waals surface area contributed by atoms with Crippen molar-refractivity contribution in [2.75, 3.05) is 5.75 Å². The Morgan fingerprint density at radius 1 is 0.971 bits per heavy atom. The summed E-state index contributed by atoms with van der Waals surface area (Å²) in [6.07, 6.45) is 0.425. The molecule has 0 bridgehead atoms. The maximum atomic E-state index is 13.5. The number of fused-ring (bicyclic) bond motifs is 1. The van der Waals surface area contributed by atoms with E-state index in [0.29, 0.717) is 22.5 Å². The van der Waals surface area contributed by atoms with E-state index in [2.05, 4.69) is 5.32 Å². The summed E-state index contributed by atoms with van der Waals surface area (Å²) >= 11 is 1.18. The fourth-order valence-corrected chi connectivity index (χ4v) is 4.73. The summed E-state index contributed by atoms with van der Waals surface area (Å²) in [5, 5.41) is 3.79. The number of benzene rings is 3. The molecular weight excluding hydrogens is 458 g/mol. The molecule has 0 fully saturated rings. The van der Waals surface area contributed by atoms with Crippen LogP contribution in [0.3, 0.4) is 0 Å². The number of hydrogen-bond acceptors (Lipinski definition) is 5. The lowest BCUT2D eigenvalue weighted by Crippen LogP contribution is -2.42. The van der Waals surface area contributed by atoms with Gasteiger partial charge in [0.1, 0.15) is 0 Å². The lowest BCUT2D eigenvalue weighted by Gasteiger charge is -2.18. The van der Waals surface area contributed by atoms with Gasteiger partial charge in [-0.1, -0.05) is 66.4 Å². The first-order valence-electron chi connectivity index (χ1n) is 11.4. The number of rotatable bonds is 8. The molecule has 6 nitrogen and oxygen atoms in total. The van der Waals surface area contributed by atoms with E-state index in [1.165, 1.54) is 18.7 Å². The second-order valence-corrected chi connectivity index (χ2v) is 9.42. The molecule has 1 N–H and O–H groups in total. The Hall–Kier alpha value is -3.71. The zero-order valence-electron chi connectivity index (χ0n) is 19.9. The molecule has 0 spiro atoms. The van der Waals surface area contributed by atoms with Crippen molar-refractivity contribution >= 4 is 34.4 Å². The molecule has 1 amide bonds. The van der Waals surface area contributed by atoms with Crippen molar-refractivity contribution in [1.29, 1.82) is 0 Å². The third-order valence-corrected chi connectivity index (χ3v) is 6.94. The second kappa shape index (κ2) is 10.7. The van der Waals surface area contributed by atoms with Crippen molar-refractivity contribution in [1.82, 2.24) is 14.9 Å². The van der Waals surface area contributed by atoms with Crippen molar-refractivity contribution in [3.05, 3.63) is 99.8 Å². The van der Waals surface area contributed by atoms with Crippen molar-refractivity contribution in [2.24, 2.45) is 0 Å². The maximum Gasteiger partial charge on any atom is 0.266 e. The topological polar surface area (TPSA) is 81.1 Å². The molecule has 0 saturated carbocycles. The van der Waals surface area contributed by atoms with Gasteiger partial charge in [0.05, 0.1) is 28.4 Å². The number of nitrogens with zero attached hydrogens (tertiary/aromatic N) is 2. The number of aromatic nitrogens is 2. The summed E-state index contributed by atoms with van der Waals surface area (Å²) in [5.74, 6) is -0.377. The Labute approximate surface area is 208 Å². The highest BCUT2D eigenvalue weighted by atomic mass is 32.2. The van der Waals surface area contributed by atoms with Crippen LogP contribution in [0.5, 0.6) is 0 Å². The molecule has 178 valence electrons.